The number of carbonyl (C=O) groups is 2. The SMILES string of the molecule is CCOC(=O)c1cnn2c(Nc3ccc(C)c(F)c3)c(C(=O)O)cnc12. The van der Waals surface area contributed by atoms with E-state index in [4.69, 9.17) is 4.74 Å². The standard InChI is InChI=1S/C17H15FN4O4/c1-3-26-17(25)12-8-20-22-14(12)19-7-11(16(23)24)15(22)21-10-5-4-9(2)13(18)6-10/h4-8,21H,3H2,1-2H3,(H,23,24). The van der Waals surface area contributed by atoms with Crippen LogP contribution in [0.5, 0.6) is 0 Å². The van der Waals surface area contributed by atoms with Crippen molar-refractivity contribution in [2.75, 3.05) is 11.9 Å². The number of nitrogens with zero attached hydrogens (tertiary/aromatic N) is 3. The first-order valence-corrected chi connectivity index (χ1v) is 7.72. The first-order chi connectivity index (χ1) is 12.4. The highest BCUT2D eigenvalue weighted by atomic mass is 19.1. The van der Waals surface area contributed by atoms with E-state index in [-0.39, 0.29) is 29.2 Å². The van der Waals surface area contributed by atoms with Gasteiger partial charge in [-0.05, 0) is 31.5 Å². The molecule has 3 rings (SSSR count). The predicted molar refractivity (Wildman–Crippen MR) is 90.3 cm³/mol. The van der Waals surface area contributed by atoms with E-state index in [2.05, 4.69) is 15.4 Å². The Bertz CT molecular complexity index is 1020. The molecular formula is C17H15FN4O4. The molecule has 0 bridgehead atoms. The molecular weight excluding hydrogens is 343 g/mol. The summed E-state index contributed by atoms with van der Waals surface area (Å²) in [5.74, 6) is -2.26. The minimum Gasteiger partial charge on any atom is -0.477 e. The maximum Gasteiger partial charge on any atom is 0.343 e. The Morgan fingerprint density at radius 3 is 2.73 bits per heavy atom. The molecule has 0 fully saturated rings. The average Bonchev–Trinajstić information content (AvgIpc) is 3.03. The lowest BCUT2D eigenvalue weighted by atomic mass is 10.2. The van der Waals surface area contributed by atoms with Crippen LogP contribution in [0.4, 0.5) is 15.9 Å². The van der Waals surface area contributed by atoms with Crippen LogP contribution in [0.3, 0.4) is 0 Å². The molecule has 0 amide bonds. The zero-order chi connectivity index (χ0) is 18.8. The number of benzene rings is 1. The fourth-order valence-corrected chi connectivity index (χ4v) is 2.37. The molecule has 2 N–H and O–H groups in total. The molecule has 9 heteroatoms. The Morgan fingerprint density at radius 1 is 1.31 bits per heavy atom. The van der Waals surface area contributed by atoms with Gasteiger partial charge in [-0.2, -0.15) is 9.61 Å². The molecule has 2 heterocycles. The first-order valence-electron chi connectivity index (χ1n) is 7.72. The molecule has 0 saturated carbocycles. The summed E-state index contributed by atoms with van der Waals surface area (Å²) in [4.78, 5) is 27.5. The number of carboxylic acid groups (broad SMARTS) is 1. The van der Waals surface area contributed by atoms with Gasteiger partial charge in [-0.25, -0.2) is 19.0 Å². The van der Waals surface area contributed by atoms with Gasteiger partial charge in [0.15, 0.2) is 11.5 Å². The largest absolute Gasteiger partial charge is 0.477 e. The van der Waals surface area contributed by atoms with Crippen LogP contribution in [-0.4, -0.2) is 38.3 Å². The summed E-state index contributed by atoms with van der Waals surface area (Å²) in [5.41, 5.74) is 0.830. The normalized spacial score (nSPS) is 10.7. The van der Waals surface area contributed by atoms with Crippen molar-refractivity contribution < 1.29 is 23.8 Å². The summed E-state index contributed by atoms with van der Waals surface area (Å²) in [6.07, 6.45) is 2.35. The lowest BCUT2D eigenvalue weighted by Gasteiger charge is -2.12. The molecule has 0 aliphatic heterocycles. The molecule has 0 aliphatic carbocycles. The number of fused-ring (bicyclic) bond motifs is 1. The zero-order valence-corrected chi connectivity index (χ0v) is 14.0. The second kappa shape index (κ2) is 6.79. The second-order valence-corrected chi connectivity index (χ2v) is 5.43. The van der Waals surface area contributed by atoms with Crippen LogP contribution in [-0.2, 0) is 4.74 Å². The number of aryl methyl sites for hydroxylation is 1. The van der Waals surface area contributed by atoms with Gasteiger partial charge in [0.1, 0.15) is 16.9 Å². The maximum atomic E-state index is 13.8. The van der Waals surface area contributed by atoms with E-state index < -0.39 is 17.8 Å². The summed E-state index contributed by atoms with van der Waals surface area (Å²) < 4.78 is 19.9. The van der Waals surface area contributed by atoms with E-state index >= 15 is 0 Å². The van der Waals surface area contributed by atoms with Gasteiger partial charge in [0, 0.05) is 11.9 Å². The summed E-state index contributed by atoms with van der Waals surface area (Å²) in [6, 6.07) is 4.40. The van der Waals surface area contributed by atoms with E-state index in [9.17, 15) is 19.1 Å². The summed E-state index contributed by atoms with van der Waals surface area (Å²) in [6.45, 7) is 3.46. The van der Waals surface area contributed by atoms with Crippen LogP contribution in [0.1, 0.15) is 33.2 Å². The Morgan fingerprint density at radius 2 is 2.08 bits per heavy atom. The zero-order valence-electron chi connectivity index (χ0n) is 14.0. The van der Waals surface area contributed by atoms with Gasteiger partial charge in [0.25, 0.3) is 0 Å². The van der Waals surface area contributed by atoms with E-state index in [1.165, 1.54) is 16.8 Å². The van der Waals surface area contributed by atoms with Crippen molar-refractivity contribution >= 4 is 29.1 Å². The van der Waals surface area contributed by atoms with Crippen molar-refractivity contribution in [3.05, 3.63) is 53.1 Å². The molecule has 3 aromatic rings. The number of hydrogen-bond donors (Lipinski definition) is 2. The Hall–Kier alpha value is -3.49. The third-order valence-electron chi connectivity index (χ3n) is 3.69. The molecule has 0 spiro atoms. The number of halogens is 1. The number of hydrogen-bond acceptors (Lipinski definition) is 6. The van der Waals surface area contributed by atoms with Crippen molar-refractivity contribution in [3.8, 4) is 0 Å². The minimum atomic E-state index is -1.25. The minimum absolute atomic E-state index is 0.0429. The van der Waals surface area contributed by atoms with Gasteiger partial charge in [-0.15, -0.1) is 0 Å². The Balaban J connectivity index is 2.14. The molecule has 1 aromatic carbocycles. The number of nitrogens with one attached hydrogen (secondary N) is 1. The van der Waals surface area contributed by atoms with Crippen LogP contribution >= 0.6 is 0 Å². The molecule has 8 nitrogen and oxygen atoms in total. The van der Waals surface area contributed by atoms with Gasteiger partial charge in [-0.3, -0.25) is 0 Å². The molecule has 0 aliphatic rings. The van der Waals surface area contributed by atoms with Crippen LogP contribution in [0, 0.1) is 12.7 Å². The summed E-state index contributed by atoms with van der Waals surface area (Å²) in [7, 11) is 0. The summed E-state index contributed by atoms with van der Waals surface area (Å²) >= 11 is 0. The van der Waals surface area contributed by atoms with E-state index in [1.807, 2.05) is 0 Å². The molecule has 0 saturated heterocycles. The first kappa shape index (κ1) is 17.3. The Labute approximate surface area is 147 Å². The van der Waals surface area contributed by atoms with E-state index in [0.29, 0.717) is 11.3 Å². The number of carbonyl (C=O) groups excluding carboxylic acids is 1. The average molecular weight is 358 g/mol. The monoisotopic (exact) mass is 358 g/mol. The van der Waals surface area contributed by atoms with Gasteiger partial charge in [-0.1, -0.05) is 6.07 Å². The maximum absolute atomic E-state index is 13.8. The number of anilines is 2. The quantitative estimate of drug-likeness (QED) is 0.676. The van der Waals surface area contributed by atoms with Crippen LogP contribution in [0.25, 0.3) is 5.65 Å². The van der Waals surface area contributed by atoms with Gasteiger partial charge in [0.2, 0.25) is 0 Å². The highest BCUT2D eigenvalue weighted by molar-refractivity contribution is 5.98. The number of aromatic nitrogens is 3. The number of rotatable bonds is 5. The lowest BCUT2D eigenvalue weighted by Crippen LogP contribution is -2.11. The van der Waals surface area contributed by atoms with Gasteiger partial charge >= 0.3 is 11.9 Å². The predicted octanol–water partition coefficient (Wildman–Crippen LogP) is 2.80. The van der Waals surface area contributed by atoms with Crippen molar-refractivity contribution in [2.45, 2.75) is 13.8 Å². The highest BCUT2D eigenvalue weighted by Gasteiger charge is 2.21. The van der Waals surface area contributed by atoms with Crippen LogP contribution < -0.4 is 5.32 Å². The molecule has 0 radical (unpaired) electrons. The van der Waals surface area contributed by atoms with E-state index in [1.54, 1.807) is 26.0 Å². The van der Waals surface area contributed by atoms with Crippen LogP contribution in [0.15, 0.2) is 30.6 Å². The number of aromatic carboxylic acids is 1. The van der Waals surface area contributed by atoms with Crippen molar-refractivity contribution in [1.29, 1.82) is 0 Å². The molecule has 0 atom stereocenters. The van der Waals surface area contributed by atoms with Crippen molar-refractivity contribution in [1.82, 2.24) is 14.6 Å². The third-order valence-corrected chi connectivity index (χ3v) is 3.69. The molecule has 134 valence electrons. The van der Waals surface area contributed by atoms with Gasteiger partial charge < -0.3 is 15.2 Å². The topological polar surface area (TPSA) is 106 Å². The van der Waals surface area contributed by atoms with Crippen molar-refractivity contribution in [3.63, 3.8) is 0 Å². The van der Waals surface area contributed by atoms with Gasteiger partial charge in [0.05, 0.1) is 12.8 Å². The van der Waals surface area contributed by atoms with E-state index in [0.717, 1.165) is 6.20 Å². The number of esters is 1. The lowest BCUT2D eigenvalue weighted by molar-refractivity contribution is 0.0528. The number of ether oxygens (including phenoxy) is 1. The smallest absolute Gasteiger partial charge is 0.343 e. The van der Waals surface area contributed by atoms with Crippen LogP contribution in [0.2, 0.25) is 0 Å². The number of carboxylic acids is 1. The summed E-state index contributed by atoms with van der Waals surface area (Å²) in [5, 5.41) is 16.3. The highest BCUT2D eigenvalue weighted by Crippen LogP contribution is 2.24. The fourth-order valence-electron chi connectivity index (χ4n) is 2.37. The Kier molecular flexibility index (Phi) is 4.53. The second-order valence-electron chi connectivity index (χ2n) is 5.43. The van der Waals surface area contributed by atoms with Crippen molar-refractivity contribution in [2.24, 2.45) is 0 Å². The molecule has 2 aromatic heterocycles. The third kappa shape index (κ3) is 3.06. The molecule has 26 heavy (non-hydrogen) atoms. The molecule has 0 unspecified atom stereocenters. The fraction of sp³-hybridized carbons (Fsp3) is 0.176.